The molecule has 2 amide bonds. The second-order valence-corrected chi connectivity index (χ2v) is 7.76. The number of urea groups is 1. The summed E-state index contributed by atoms with van der Waals surface area (Å²) in [5.74, 6) is 1.29. The van der Waals surface area contributed by atoms with Crippen LogP contribution in [0.5, 0.6) is 11.6 Å². The van der Waals surface area contributed by atoms with E-state index >= 15 is 0 Å². The topological polar surface area (TPSA) is 97.7 Å². The molecule has 162 valence electrons. The first-order valence-electron chi connectivity index (χ1n) is 10.5. The predicted octanol–water partition coefficient (Wildman–Crippen LogP) is 3.95. The Balaban J connectivity index is 1.35. The van der Waals surface area contributed by atoms with E-state index in [-0.39, 0.29) is 6.04 Å². The van der Waals surface area contributed by atoms with Gasteiger partial charge in [0.1, 0.15) is 11.4 Å². The molecule has 1 unspecified atom stereocenters. The Hall–Kier alpha value is -3.91. The molecular weight excluding hydrogens is 406 g/mol. The third-order valence-corrected chi connectivity index (χ3v) is 5.63. The Bertz CT molecular complexity index is 1230. The van der Waals surface area contributed by atoms with Crippen LogP contribution in [0.4, 0.5) is 4.79 Å². The van der Waals surface area contributed by atoms with Crippen LogP contribution in [0.25, 0.3) is 11.0 Å². The van der Waals surface area contributed by atoms with E-state index in [4.69, 9.17) is 15.0 Å². The van der Waals surface area contributed by atoms with Crippen molar-refractivity contribution in [2.45, 2.75) is 12.6 Å². The van der Waals surface area contributed by atoms with Gasteiger partial charge in [-0.15, -0.1) is 0 Å². The zero-order valence-corrected chi connectivity index (χ0v) is 17.4. The zero-order valence-electron chi connectivity index (χ0n) is 17.4. The third kappa shape index (κ3) is 4.13. The minimum atomic E-state index is -0.451. The molecule has 0 bridgehead atoms. The summed E-state index contributed by atoms with van der Waals surface area (Å²) in [7, 11) is 0. The quantitative estimate of drug-likeness (QED) is 0.516. The highest BCUT2D eigenvalue weighted by Gasteiger charge is 2.33. The van der Waals surface area contributed by atoms with Crippen LogP contribution in [-0.4, -0.2) is 45.6 Å². The second-order valence-electron chi connectivity index (χ2n) is 7.76. The largest absolute Gasteiger partial charge is 0.439 e. The predicted molar refractivity (Wildman–Crippen MR) is 119 cm³/mol. The average molecular weight is 429 g/mol. The van der Waals surface area contributed by atoms with Crippen molar-refractivity contribution in [1.82, 2.24) is 19.9 Å². The molecule has 3 heterocycles. The summed E-state index contributed by atoms with van der Waals surface area (Å²) >= 11 is 0. The third-order valence-electron chi connectivity index (χ3n) is 5.63. The molecule has 0 radical (unpaired) electrons. The van der Waals surface area contributed by atoms with Gasteiger partial charge >= 0.3 is 6.03 Å². The Labute approximate surface area is 185 Å². The number of primary amides is 1. The average Bonchev–Trinajstić information content (AvgIpc) is 3.24. The van der Waals surface area contributed by atoms with Gasteiger partial charge in [-0.1, -0.05) is 35.5 Å². The minimum Gasteiger partial charge on any atom is -0.439 e. The van der Waals surface area contributed by atoms with Gasteiger partial charge in [0.25, 0.3) is 0 Å². The Kier molecular flexibility index (Phi) is 5.43. The molecule has 1 saturated heterocycles. The molecule has 32 heavy (non-hydrogen) atoms. The normalized spacial score (nSPS) is 16.9. The standard InChI is InChI=1S/C24H23N5O3/c25-24(30)29-13-12-28(16-20(29)23-19-8-1-2-9-21(19)32-27-23)15-17-6-5-7-18(14-17)31-22-10-3-4-11-26-22/h1-11,14,20H,12-13,15-16H2,(H2,25,30). The summed E-state index contributed by atoms with van der Waals surface area (Å²) in [5.41, 5.74) is 8.22. The number of carbonyl (C=O) groups is 1. The molecule has 2 aromatic heterocycles. The molecule has 2 N–H and O–H groups in total. The van der Waals surface area contributed by atoms with Crippen molar-refractivity contribution in [3.63, 3.8) is 0 Å². The lowest BCUT2D eigenvalue weighted by Gasteiger charge is -2.39. The Morgan fingerprint density at radius 2 is 1.97 bits per heavy atom. The number of hydrogen-bond acceptors (Lipinski definition) is 6. The fraction of sp³-hybridized carbons (Fsp3) is 0.208. The van der Waals surface area contributed by atoms with Crippen LogP contribution in [0.1, 0.15) is 17.3 Å². The van der Waals surface area contributed by atoms with Gasteiger partial charge < -0.3 is 19.9 Å². The number of carbonyl (C=O) groups excluding carboxylic acids is 1. The van der Waals surface area contributed by atoms with E-state index in [2.05, 4.69) is 21.1 Å². The van der Waals surface area contributed by atoms with E-state index in [1.54, 1.807) is 11.1 Å². The van der Waals surface area contributed by atoms with E-state index in [1.165, 1.54) is 0 Å². The van der Waals surface area contributed by atoms with Crippen molar-refractivity contribution in [3.8, 4) is 11.6 Å². The number of piperazine rings is 1. The van der Waals surface area contributed by atoms with Crippen LogP contribution >= 0.6 is 0 Å². The monoisotopic (exact) mass is 429 g/mol. The van der Waals surface area contributed by atoms with Gasteiger partial charge in [-0.3, -0.25) is 4.90 Å². The number of amides is 2. The molecule has 8 heteroatoms. The van der Waals surface area contributed by atoms with Gasteiger partial charge in [-0.05, 0) is 35.9 Å². The summed E-state index contributed by atoms with van der Waals surface area (Å²) in [6.45, 7) is 2.54. The highest BCUT2D eigenvalue weighted by atomic mass is 16.5. The summed E-state index contributed by atoms with van der Waals surface area (Å²) in [6, 6.07) is 20.4. The number of nitrogens with zero attached hydrogens (tertiary/aromatic N) is 4. The first kappa shape index (κ1) is 20.0. The number of nitrogens with two attached hydrogens (primary N) is 1. The SMILES string of the molecule is NC(=O)N1CCN(Cc2cccc(Oc3ccccn3)c2)CC1c1noc2ccccc12. The van der Waals surface area contributed by atoms with Crippen molar-refractivity contribution in [3.05, 3.63) is 84.2 Å². The molecule has 1 aliphatic rings. The minimum absolute atomic E-state index is 0.280. The van der Waals surface area contributed by atoms with Gasteiger partial charge in [-0.25, -0.2) is 9.78 Å². The number of pyridine rings is 1. The summed E-state index contributed by atoms with van der Waals surface area (Å²) in [5, 5.41) is 5.18. The van der Waals surface area contributed by atoms with E-state index in [0.29, 0.717) is 37.6 Å². The van der Waals surface area contributed by atoms with Crippen molar-refractivity contribution < 1.29 is 14.1 Å². The number of benzene rings is 2. The lowest BCUT2D eigenvalue weighted by molar-refractivity contribution is 0.0909. The number of hydrogen-bond donors (Lipinski definition) is 1. The van der Waals surface area contributed by atoms with Crippen molar-refractivity contribution >= 4 is 17.0 Å². The molecule has 1 atom stereocenters. The molecule has 8 nitrogen and oxygen atoms in total. The van der Waals surface area contributed by atoms with Crippen LogP contribution in [0.15, 0.2) is 77.4 Å². The highest BCUT2D eigenvalue weighted by Crippen LogP contribution is 2.31. The molecule has 1 fully saturated rings. The van der Waals surface area contributed by atoms with Crippen molar-refractivity contribution in [2.75, 3.05) is 19.6 Å². The number of ether oxygens (including phenoxy) is 1. The number of rotatable bonds is 5. The molecule has 0 aliphatic carbocycles. The zero-order chi connectivity index (χ0) is 21.9. The van der Waals surface area contributed by atoms with Crippen LogP contribution in [-0.2, 0) is 6.54 Å². The molecule has 0 saturated carbocycles. The van der Waals surface area contributed by atoms with E-state index in [9.17, 15) is 4.79 Å². The fourth-order valence-electron chi connectivity index (χ4n) is 4.12. The van der Waals surface area contributed by atoms with Gasteiger partial charge in [-0.2, -0.15) is 0 Å². The summed E-state index contributed by atoms with van der Waals surface area (Å²) in [6.07, 6.45) is 1.70. The lowest BCUT2D eigenvalue weighted by atomic mass is 10.0. The highest BCUT2D eigenvalue weighted by molar-refractivity contribution is 5.81. The van der Waals surface area contributed by atoms with Gasteiger partial charge in [0.2, 0.25) is 5.88 Å². The van der Waals surface area contributed by atoms with Crippen LogP contribution in [0.3, 0.4) is 0 Å². The van der Waals surface area contributed by atoms with Gasteiger partial charge in [0.05, 0.1) is 6.04 Å². The maximum Gasteiger partial charge on any atom is 0.315 e. The lowest BCUT2D eigenvalue weighted by Crippen LogP contribution is -2.52. The van der Waals surface area contributed by atoms with E-state index in [1.807, 2.05) is 60.7 Å². The maximum atomic E-state index is 12.1. The van der Waals surface area contributed by atoms with Crippen LogP contribution in [0.2, 0.25) is 0 Å². The second kappa shape index (κ2) is 8.68. The number of aromatic nitrogens is 2. The first-order chi connectivity index (χ1) is 15.7. The smallest absolute Gasteiger partial charge is 0.315 e. The summed E-state index contributed by atoms with van der Waals surface area (Å²) in [4.78, 5) is 20.3. The van der Waals surface area contributed by atoms with Crippen molar-refractivity contribution in [1.29, 1.82) is 0 Å². The van der Waals surface area contributed by atoms with Crippen LogP contribution < -0.4 is 10.5 Å². The van der Waals surface area contributed by atoms with E-state index < -0.39 is 6.03 Å². The maximum absolute atomic E-state index is 12.1. The molecule has 2 aromatic carbocycles. The molecule has 1 aliphatic heterocycles. The Morgan fingerprint density at radius 3 is 2.81 bits per heavy atom. The Morgan fingerprint density at radius 1 is 1.09 bits per heavy atom. The van der Waals surface area contributed by atoms with Gasteiger partial charge in [0, 0.05) is 43.8 Å². The first-order valence-corrected chi connectivity index (χ1v) is 10.5. The summed E-state index contributed by atoms with van der Waals surface area (Å²) < 4.78 is 11.3. The molecule has 4 aromatic rings. The number of fused-ring (bicyclic) bond motifs is 1. The molecule has 5 rings (SSSR count). The molecular formula is C24H23N5O3. The fourth-order valence-corrected chi connectivity index (χ4v) is 4.12. The van der Waals surface area contributed by atoms with Gasteiger partial charge in [0.15, 0.2) is 5.58 Å². The van der Waals surface area contributed by atoms with Crippen LogP contribution in [0, 0.1) is 0 Å². The molecule has 0 spiro atoms. The van der Waals surface area contributed by atoms with E-state index in [0.717, 1.165) is 22.4 Å². The van der Waals surface area contributed by atoms with Crippen molar-refractivity contribution in [2.24, 2.45) is 5.73 Å². The number of para-hydroxylation sites is 1.